The number of ether oxygens (including phenoxy) is 1. The topological polar surface area (TPSA) is 41.6 Å². The van der Waals surface area contributed by atoms with E-state index in [0.29, 0.717) is 13.0 Å². The lowest BCUT2D eigenvalue weighted by molar-refractivity contribution is -0.116. The normalized spacial score (nSPS) is 10.6. The van der Waals surface area contributed by atoms with E-state index in [-0.39, 0.29) is 5.91 Å². The highest BCUT2D eigenvalue weighted by Gasteiger charge is 2.08. The van der Waals surface area contributed by atoms with Gasteiger partial charge in [-0.2, -0.15) is 0 Å². The second kappa shape index (κ2) is 9.37. The number of carbonyl (C=O) groups excluding carboxylic acids is 1. The molecule has 0 radical (unpaired) electrons. The molecule has 20 heavy (non-hydrogen) atoms. The molecule has 0 saturated carbocycles. The van der Waals surface area contributed by atoms with Crippen LogP contribution in [0.3, 0.4) is 0 Å². The van der Waals surface area contributed by atoms with Crippen molar-refractivity contribution in [3.63, 3.8) is 0 Å². The summed E-state index contributed by atoms with van der Waals surface area (Å²) in [6, 6.07) is 7.53. The van der Waals surface area contributed by atoms with E-state index in [1.165, 1.54) is 12.8 Å². The first kappa shape index (κ1) is 16.5. The van der Waals surface area contributed by atoms with Gasteiger partial charge in [0.05, 0.1) is 12.3 Å². The fourth-order valence-corrected chi connectivity index (χ4v) is 1.90. The summed E-state index contributed by atoms with van der Waals surface area (Å²) < 4.78 is 5.49. The Morgan fingerprint density at radius 2 is 2.00 bits per heavy atom. The molecule has 1 amide bonds. The van der Waals surface area contributed by atoms with E-state index < -0.39 is 0 Å². The van der Waals surface area contributed by atoms with Crippen LogP contribution in [0, 0.1) is 0 Å². The van der Waals surface area contributed by atoms with Crippen LogP contribution in [0.15, 0.2) is 24.3 Å². The first-order valence-electron chi connectivity index (χ1n) is 7.37. The van der Waals surface area contributed by atoms with Crippen LogP contribution in [0.2, 0.25) is 0 Å². The van der Waals surface area contributed by atoms with Crippen molar-refractivity contribution in [3.05, 3.63) is 24.3 Å². The smallest absolute Gasteiger partial charge is 0.225 e. The lowest BCUT2D eigenvalue weighted by atomic mass is 10.2. The number of nitrogens with one attached hydrogen (secondary N) is 1. The molecule has 1 aromatic carbocycles. The SMILES string of the molecule is CCCCN(C)CCC(=O)Nc1ccccc1OCC. The van der Waals surface area contributed by atoms with Crippen molar-refractivity contribution in [2.24, 2.45) is 0 Å². The lowest BCUT2D eigenvalue weighted by Gasteiger charge is -2.16. The van der Waals surface area contributed by atoms with E-state index in [9.17, 15) is 4.79 Å². The summed E-state index contributed by atoms with van der Waals surface area (Å²) in [6.07, 6.45) is 2.85. The van der Waals surface area contributed by atoms with E-state index in [1.807, 2.05) is 31.2 Å². The monoisotopic (exact) mass is 278 g/mol. The average Bonchev–Trinajstić information content (AvgIpc) is 2.45. The van der Waals surface area contributed by atoms with Crippen LogP contribution < -0.4 is 10.1 Å². The van der Waals surface area contributed by atoms with Gasteiger partial charge in [0.1, 0.15) is 5.75 Å². The van der Waals surface area contributed by atoms with Crippen molar-refractivity contribution in [1.29, 1.82) is 0 Å². The third-order valence-electron chi connectivity index (χ3n) is 3.07. The van der Waals surface area contributed by atoms with Crippen LogP contribution in [0.4, 0.5) is 5.69 Å². The second-order valence-electron chi connectivity index (χ2n) is 4.88. The molecule has 4 nitrogen and oxygen atoms in total. The molecule has 0 aliphatic carbocycles. The third-order valence-corrected chi connectivity index (χ3v) is 3.07. The fraction of sp³-hybridized carbons (Fsp3) is 0.562. The van der Waals surface area contributed by atoms with Crippen molar-refractivity contribution < 1.29 is 9.53 Å². The summed E-state index contributed by atoms with van der Waals surface area (Å²) in [4.78, 5) is 14.1. The molecule has 0 unspecified atom stereocenters. The highest BCUT2D eigenvalue weighted by atomic mass is 16.5. The number of carbonyl (C=O) groups is 1. The highest BCUT2D eigenvalue weighted by molar-refractivity contribution is 5.92. The van der Waals surface area contributed by atoms with Crippen LogP contribution in [0.5, 0.6) is 5.75 Å². The number of para-hydroxylation sites is 2. The molecular formula is C16H26N2O2. The highest BCUT2D eigenvalue weighted by Crippen LogP contribution is 2.23. The van der Waals surface area contributed by atoms with Gasteiger partial charge in [-0.05, 0) is 39.1 Å². The molecule has 0 heterocycles. The molecule has 0 aliphatic heterocycles. The number of anilines is 1. The van der Waals surface area contributed by atoms with Crippen LogP contribution in [-0.4, -0.2) is 37.6 Å². The number of rotatable bonds is 9. The Morgan fingerprint density at radius 1 is 1.25 bits per heavy atom. The Balaban J connectivity index is 2.42. The quantitative estimate of drug-likeness (QED) is 0.754. The second-order valence-corrected chi connectivity index (χ2v) is 4.88. The zero-order valence-electron chi connectivity index (χ0n) is 12.8. The summed E-state index contributed by atoms with van der Waals surface area (Å²) in [5.74, 6) is 0.753. The molecule has 1 N–H and O–H groups in total. The maximum Gasteiger partial charge on any atom is 0.225 e. The average molecular weight is 278 g/mol. The number of unbranched alkanes of at least 4 members (excludes halogenated alkanes) is 1. The van der Waals surface area contributed by atoms with Crippen LogP contribution >= 0.6 is 0 Å². The van der Waals surface area contributed by atoms with Gasteiger partial charge in [0.2, 0.25) is 5.91 Å². The van der Waals surface area contributed by atoms with Crippen LogP contribution in [0.1, 0.15) is 33.1 Å². The van der Waals surface area contributed by atoms with Gasteiger partial charge in [-0.25, -0.2) is 0 Å². The van der Waals surface area contributed by atoms with Crippen molar-refractivity contribution >= 4 is 11.6 Å². The molecule has 0 aliphatic rings. The lowest BCUT2D eigenvalue weighted by Crippen LogP contribution is -2.25. The molecule has 1 rings (SSSR count). The molecule has 0 fully saturated rings. The summed E-state index contributed by atoms with van der Waals surface area (Å²) in [5.41, 5.74) is 0.746. The molecule has 1 aromatic rings. The maximum absolute atomic E-state index is 12.0. The Bertz CT molecular complexity index is 407. The van der Waals surface area contributed by atoms with Crippen molar-refractivity contribution in [2.45, 2.75) is 33.1 Å². The predicted molar refractivity (Wildman–Crippen MR) is 83.3 cm³/mol. The summed E-state index contributed by atoms with van der Waals surface area (Å²) in [5, 5.41) is 2.92. The molecular weight excluding hydrogens is 252 g/mol. The summed E-state index contributed by atoms with van der Waals surface area (Å²) in [6.45, 7) is 6.51. The van der Waals surface area contributed by atoms with Crippen molar-refractivity contribution in [1.82, 2.24) is 4.90 Å². The van der Waals surface area contributed by atoms with E-state index in [2.05, 4.69) is 24.2 Å². The summed E-state index contributed by atoms with van der Waals surface area (Å²) in [7, 11) is 2.05. The Kier molecular flexibility index (Phi) is 7.73. The Labute approximate surface area is 122 Å². The van der Waals surface area contributed by atoms with Crippen molar-refractivity contribution in [3.8, 4) is 5.75 Å². The first-order valence-corrected chi connectivity index (χ1v) is 7.37. The number of hydrogen-bond acceptors (Lipinski definition) is 3. The van der Waals surface area contributed by atoms with E-state index in [0.717, 1.165) is 24.5 Å². The Hall–Kier alpha value is -1.55. The van der Waals surface area contributed by atoms with Gasteiger partial charge >= 0.3 is 0 Å². The van der Waals surface area contributed by atoms with Gasteiger partial charge in [0.25, 0.3) is 0 Å². The standard InChI is InChI=1S/C16H26N2O2/c1-4-6-12-18(3)13-11-16(19)17-14-9-7-8-10-15(14)20-5-2/h7-10H,4-6,11-13H2,1-3H3,(H,17,19). The van der Waals surface area contributed by atoms with Crippen molar-refractivity contribution in [2.75, 3.05) is 32.1 Å². The molecule has 0 atom stereocenters. The molecule has 0 aromatic heterocycles. The molecule has 4 heteroatoms. The van der Waals surface area contributed by atoms with E-state index in [4.69, 9.17) is 4.74 Å². The van der Waals surface area contributed by atoms with Gasteiger partial charge in [-0.1, -0.05) is 25.5 Å². The Morgan fingerprint density at radius 3 is 2.70 bits per heavy atom. The maximum atomic E-state index is 12.0. The molecule has 0 spiro atoms. The van der Waals surface area contributed by atoms with E-state index >= 15 is 0 Å². The van der Waals surface area contributed by atoms with Crippen LogP contribution in [-0.2, 0) is 4.79 Å². The predicted octanol–water partition coefficient (Wildman–Crippen LogP) is 3.15. The fourth-order valence-electron chi connectivity index (χ4n) is 1.90. The first-order chi connectivity index (χ1) is 9.67. The number of amides is 1. The minimum atomic E-state index is 0.0282. The van der Waals surface area contributed by atoms with Gasteiger partial charge < -0.3 is 15.0 Å². The largest absolute Gasteiger partial charge is 0.492 e. The zero-order valence-corrected chi connectivity index (χ0v) is 12.8. The van der Waals surface area contributed by atoms with Crippen LogP contribution in [0.25, 0.3) is 0 Å². The third kappa shape index (κ3) is 6.06. The molecule has 0 bridgehead atoms. The van der Waals surface area contributed by atoms with Gasteiger partial charge in [0, 0.05) is 13.0 Å². The minimum absolute atomic E-state index is 0.0282. The summed E-state index contributed by atoms with van der Waals surface area (Å²) >= 11 is 0. The number of benzene rings is 1. The van der Waals surface area contributed by atoms with Gasteiger partial charge in [0.15, 0.2) is 0 Å². The van der Waals surface area contributed by atoms with E-state index in [1.54, 1.807) is 0 Å². The zero-order chi connectivity index (χ0) is 14.8. The molecule has 0 saturated heterocycles. The van der Waals surface area contributed by atoms with Gasteiger partial charge in [-0.15, -0.1) is 0 Å². The minimum Gasteiger partial charge on any atom is -0.492 e. The number of nitrogens with zero attached hydrogens (tertiary/aromatic N) is 1. The van der Waals surface area contributed by atoms with Gasteiger partial charge in [-0.3, -0.25) is 4.79 Å². The number of hydrogen-bond donors (Lipinski definition) is 1. The molecule has 112 valence electrons.